The highest BCUT2D eigenvalue weighted by atomic mass is 32.2. The van der Waals surface area contributed by atoms with Crippen LogP contribution in [0.3, 0.4) is 0 Å². The van der Waals surface area contributed by atoms with E-state index in [1.165, 1.54) is 12.1 Å². The predicted octanol–water partition coefficient (Wildman–Crippen LogP) is 3.06. The Hall–Kier alpha value is -0.610. The van der Waals surface area contributed by atoms with E-state index in [2.05, 4.69) is 12.2 Å². The molecule has 84 valence electrons. The van der Waals surface area contributed by atoms with E-state index >= 15 is 0 Å². The summed E-state index contributed by atoms with van der Waals surface area (Å²) in [6.07, 6.45) is 1.03. The van der Waals surface area contributed by atoms with Gasteiger partial charge in [0.15, 0.2) is 11.6 Å². The number of benzene rings is 1. The van der Waals surface area contributed by atoms with Crippen molar-refractivity contribution in [1.82, 2.24) is 5.32 Å². The number of rotatable bonds is 6. The highest BCUT2D eigenvalue weighted by molar-refractivity contribution is 7.99. The molecule has 0 aromatic heterocycles. The Kier molecular flexibility index (Phi) is 5.65. The highest BCUT2D eigenvalue weighted by Crippen LogP contribution is 2.20. The lowest BCUT2D eigenvalue weighted by molar-refractivity contribution is 0.506. The maximum absolute atomic E-state index is 12.8. The van der Waals surface area contributed by atoms with E-state index in [-0.39, 0.29) is 0 Å². The normalized spacial score (nSPS) is 10.6. The quantitative estimate of drug-likeness (QED) is 0.596. The number of halogens is 2. The maximum Gasteiger partial charge on any atom is 0.159 e. The van der Waals surface area contributed by atoms with Crippen LogP contribution < -0.4 is 5.32 Å². The summed E-state index contributed by atoms with van der Waals surface area (Å²) in [6.45, 7) is 3.99. The lowest BCUT2D eigenvalue weighted by Crippen LogP contribution is -2.14. The van der Waals surface area contributed by atoms with Gasteiger partial charge in [-0.25, -0.2) is 8.78 Å². The van der Waals surface area contributed by atoms with Crippen molar-refractivity contribution in [2.75, 3.05) is 18.8 Å². The average Bonchev–Trinajstić information content (AvgIpc) is 2.23. The molecule has 1 N–H and O–H groups in total. The molecule has 0 saturated carbocycles. The molecule has 4 heteroatoms. The van der Waals surface area contributed by atoms with Crippen LogP contribution in [0.2, 0.25) is 0 Å². The second-order valence-electron chi connectivity index (χ2n) is 3.13. The van der Waals surface area contributed by atoms with Crippen LogP contribution in [0.1, 0.15) is 13.3 Å². The summed E-state index contributed by atoms with van der Waals surface area (Å²) in [5, 5.41) is 3.21. The van der Waals surface area contributed by atoms with E-state index < -0.39 is 11.6 Å². The summed E-state index contributed by atoms with van der Waals surface area (Å²) >= 11 is 1.55. The molecule has 0 fully saturated rings. The zero-order valence-electron chi connectivity index (χ0n) is 8.72. The van der Waals surface area contributed by atoms with E-state index in [1.807, 2.05) is 0 Å². The predicted molar refractivity (Wildman–Crippen MR) is 60.2 cm³/mol. The molecular weight excluding hydrogens is 216 g/mol. The van der Waals surface area contributed by atoms with Gasteiger partial charge in [0.05, 0.1) is 0 Å². The smallest absolute Gasteiger partial charge is 0.159 e. The maximum atomic E-state index is 12.8. The van der Waals surface area contributed by atoms with Gasteiger partial charge < -0.3 is 5.32 Å². The van der Waals surface area contributed by atoms with Gasteiger partial charge in [0.1, 0.15) is 0 Å². The fraction of sp³-hybridized carbons (Fsp3) is 0.455. The van der Waals surface area contributed by atoms with Crippen LogP contribution in [0.25, 0.3) is 0 Å². The average molecular weight is 231 g/mol. The third-order valence-electron chi connectivity index (χ3n) is 1.91. The fourth-order valence-corrected chi connectivity index (χ4v) is 2.01. The Morgan fingerprint density at radius 2 is 2.07 bits per heavy atom. The number of hydrogen-bond donors (Lipinski definition) is 1. The van der Waals surface area contributed by atoms with Crippen LogP contribution in [-0.4, -0.2) is 18.8 Å². The molecular formula is C11H15F2NS. The second-order valence-corrected chi connectivity index (χ2v) is 4.30. The van der Waals surface area contributed by atoms with Gasteiger partial charge in [-0.3, -0.25) is 0 Å². The van der Waals surface area contributed by atoms with Crippen LogP contribution in [0.5, 0.6) is 0 Å². The van der Waals surface area contributed by atoms with Crippen molar-refractivity contribution in [2.45, 2.75) is 18.2 Å². The number of hydrogen-bond acceptors (Lipinski definition) is 2. The molecule has 1 aromatic rings. The summed E-state index contributed by atoms with van der Waals surface area (Å²) in [4.78, 5) is 0.783. The van der Waals surface area contributed by atoms with Gasteiger partial charge in [-0.15, -0.1) is 11.8 Å². The molecule has 0 heterocycles. The van der Waals surface area contributed by atoms with Crippen molar-refractivity contribution in [3.63, 3.8) is 0 Å². The SMILES string of the molecule is CCNCCCSc1ccc(F)c(F)c1. The summed E-state index contributed by atoms with van der Waals surface area (Å²) in [7, 11) is 0. The van der Waals surface area contributed by atoms with Gasteiger partial charge in [0, 0.05) is 4.90 Å². The first kappa shape index (κ1) is 12.5. The van der Waals surface area contributed by atoms with E-state index in [0.29, 0.717) is 0 Å². The van der Waals surface area contributed by atoms with Crippen molar-refractivity contribution in [1.29, 1.82) is 0 Å². The van der Waals surface area contributed by atoms with Crippen molar-refractivity contribution >= 4 is 11.8 Å². The lowest BCUT2D eigenvalue weighted by atomic mass is 10.3. The molecule has 0 radical (unpaired) electrons. The minimum atomic E-state index is -0.785. The van der Waals surface area contributed by atoms with Crippen LogP contribution in [-0.2, 0) is 0 Å². The summed E-state index contributed by atoms with van der Waals surface area (Å²) in [5.74, 6) is -0.642. The van der Waals surface area contributed by atoms with Gasteiger partial charge in [-0.2, -0.15) is 0 Å². The zero-order chi connectivity index (χ0) is 11.1. The van der Waals surface area contributed by atoms with E-state index in [0.717, 1.165) is 30.2 Å². The minimum absolute atomic E-state index is 0.772. The van der Waals surface area contributed by atoms with Crippen LogP contribution in [0, 0.1) is 11.6 Å². The van der Waals surface area contributed by atoms with E-state index in [4.69, 9.17) is 0 Å². The van der Waals surface area contributed by atoms with Crippen molar-refractivity contribution < 1.29 is 8.78 Å². The van der Waals surface area contributed by atoms with E-state index in [9.17, 15) is 8.78 Å². The first-order chi connectivity index (χ1) is 7.24. The van der Waals surface area contributed by atoms with Crippen LogP contribution in [0.15, 0.2) is 23.1 Å². The minimum Gasteiger partial charge on any atom is -0.317 e. The molecule has 0 aliphatic rings. The topological polar surface area (TPSA) is 12.0 Å². The summed E-state index contributed by atoms with van der Waals surface area (Å²) in [5.41, 5.74) is 0. The molecule has 1 rings (SSSR count). The molecule has 0 spiro atoms. The van der Waals surface area contributed by atoms with E-state index in [1.54, 1.807) is 17.8 Å². The molecule has 0 saturated heterocycles. The Morgan fingerprint density at radius 3 is 2.73 bits per heavy atom. The Balaban J connectivity index is 2.28. The third-order valence-corrected chi connectivity index (χ3v) is 2.99. The standard InChI is InChI=1S/C11H15F2NS/c1-2-14-6-3-7-15-9-4-5-10(12)11(13)8-9/h4-5,8,14H,2-3,6-7H2,1H3. The Labute approximate surface area is 93.3 Å². The largest absolute Gasteiger partial charge is 0.317 e. The Morgan fingerprint density at radius 1 is 1.27 bits per heavy atom. The Bertz CT molecular complexity index is 305. The number of nitrogens with one attached hydrogen (secondary N) is 1. The molecule has 1 aromatic carbocycles. The van der Waals surface area contributed by atoms with Gasteiger partial charge in [0.25, 0.3) is 0 Å². The van der Waals surface area contributed by atoms with Gasteiger partial charge in [0.2, 0.25) is 0 Å². The summed E-state index contributed by atoms with van der Waals surface area (Å²) < 4.78 is 25.4. The van der Waals surface area contributed by atoms with Gasteiger partial charge in [-0.05, 0) is 43.5 Å². The first-order valence-electron chi connectivity index (χ1n) is 5.02. The van der Waals surface area contributed by atoms with Gasteiger partial charge in [-0.1, -0.05) is 6.92 Å². The molecule has 0 aliphatic carbocycles. The number of thioether (sulfide) groups is 1. The second kappa shape index (κ2) is 6.80. The van der Waals surface area contributed by atoms with Crippen LogP contribution >= 0.6 is 11.8 Å². The van der Waals surface area contributed by atoms with Crippen molar-refractivity contribution in [3.05, 3.63) is 29.8 Å². The first-order valence-corrected chi connectivity index (χ1v) is 6.01. The molecule has 1 nitrogen and oxygen atoms in total. The highest BCUT2D eigenvalue weighted by Gasteiger charge is 2.02. The zero-order valence-corrected chi connectivity index (χ0v) is 9.54. The molecule has 0 amide bonds. The summed E-state index contributed by atoms with van der Waals surface area (Å²) in [6, 6.07) is 4.02. The molecule has 0 atom stereocenters. The third kappa shape index (κ3) is 4.62. The lowest BCUT2D eigenvalue weighted by Gasteiger charge is -2.02. The van der Waals surface area contributed by atoms with Gasteiger partial charge >= 0.3 is 0 Å². The van der Waals surface area contributed by atoms with Crippen molar-refractivity contribution in [2.24, 2.45) is 0 Å². The fourth-order valence-electron chi connectivity index (χ4n) is 1.13. The van der Waals surface area contributed by atoms with Crippen LogP contribution in [0.4, 0.5) is 8.78 Å². The molecule has 0 unspecified atom stereocenters. The molecule has 15 heavy (non-hydrogen) atoms. The van der Waals surface area contributed by atoms with Crippen molar-refractivity contribution in [3.8, 4) is 0 Å². The molecule has 0 aliphatic heterocycles. The monoisotopic (exact) mass is 231 g/mol. The molecule has 0 bridgehead atoms.